The zero-order valence-corrected chi connectivity index (χ0v) is 6.43. The summed E-state index contributed by atoms with van der Waals surface area (Å²) in [4.78, 5) is 10.5. The summed E-state index contributed by atoms with van der Waals surface area (Å²) >= 11 is 1.67. The molecule has 10 heavy (non-hydrogen) atoms. The van der Waals surface area contributed by atoms with Crippen LogP contribution in [0.4, 0.5) is 0 Å². The van der Waals surface area contributed by atoms with Crippen molar-refractivity contribution in [3.8, 4) is 0 Å². The standard InChI is InChI=1S/C6H11NO2S/c7-5-1-2-10-3-4(5)6(8)9/h4-5H,1-3,7H2,(H,8,9)/t4-,5+/m0/s1. The molecule has 0 amide bonds. The van der Waals surface area contributed by atoms with Crippen LogP contribution < -0.4 is 5.73 Å². The van der Waals surface area contributed by atoms with Crippen molar-refractivity contribution in [2.45, 2.75) is 12.5 Å². The van der Waals surface area contributed by atoms with Crippen molar-refractivity contribution < 1.29 is 9.90 Å². The number of carbonyl (C=O) groups is 1. The summed E-state index contributed by atoms with van der Waals surface area (Å²) in [6, 6.07) is -0.126. The Balaban J connectivity index is 2.47. The molecule has 0 spiro atoms. The van der Waals surface area contributed by atoms with E-state index in [-0.39, 0.29) is 12.0 Å². The highest BCUT2D eigenvalue weighted by Crippen LogP contribution is 2.21. The van der Waals surface area contributed by atoms with E-state index in [0.29, 0.717) is 5.75 Å². The smallest absolute Gasteiger partial charge is 0.308 e. The molecule has 2 atom stereocenters. The number of hydrogen-bond donors (Lipinski definition) is 2. The van der Waals surface area contributed by atoms with Gasteiger partial charge >= 0.3 is 5.97 Å². The lowest BCUT2D eigenvalue weighted by atomic mass is 10.0. The monoisotopic (exact) mass is 161 g/mol. The number of carboxylic acid groups (broad SMARTS) is 1. The lowest BCUT2D eigenvalue weighted by Crippen LogP contribution is -2.40. The predicted molar refractivity (Wildman–Crippen MR) is 41.0 cm³/mol. The van der Waals surface area contributed by atoms with Gasteiger partial charge in [0.15, 0.2) is 0 Å². The SMILES string of the molecule is N[C@@H]1CCSC[C@@H]1C(=O)O. The molecule has 0 aromatic heterocycles. The van der Waals surface area contributed by atoms with Crippen LogP contribution in [0.5, 0.6) is 0 Å². The van der Waals surface area contributed by atoms with E-state index in [2.05, 4.69) is 0 Å². The molecule has 0 radical (unpaired) electrons. The van der Waals surface area contributed by atoms with Gasteiger partial charge in [0.2, 0.25) is 0 Å². The molecule has 0 aliphatic carbocycles. The fourth-order valence-corrected chi connectivity index (χ4v) is 2.26. The van der Waals surface area contributed by atoms with Crippen LogP contribution in [0.15, 0.2) is 0 Å². The number of aliphatic carboxylic acids is 1. The summed E-state index contributed by atoms with van der Waals surface area (Å²) in [5, 5.41) is 8.62. The molecule has 0 aromatic rings. The summed E-state index contributed by atoms with van der Waals surface area (Å²) in [6.07, 6.45) is 0.835. The molecule has 58 valence electrons. The average Bonchev–Trinajstić information content (AvgIpc) is 1.88. The Labute approximate surface area is 64.0 Å². The number of carboxylic acids is 1. The zero-order chi connectivity index (χ0) is 7.56. The van der Waals surface area contributed by atoms with Crippen molar-refractivity contribution >= 4 is 17.7 Å². The summed E-state index contributed by atoms with van der Waals surface area (Å²) < 4.78 is 0. The summed E-state index contributed by atoms with van der Waals surface area (Å²) in [5.74, 6) is 0.611. The first-order valence-electron chi connectivity index (χ1n) is 3.28. The van der Waals surface area contributed by atoms with Gasteiger partial charge in [-0.3, -0.25) is 4.79 Å². The average molecular weight is 161 g/mol. The molecule has 3 nitrogen and oxygen atoms in total. The molecule has 1 aliphatic rings. The molecular weight excluding hydrogens is 150 g/mol. The maximum atomic E-state index is 10.5. The third-order valence-corrected chi connectivity index (χ3v) is 2.85. The minimum atomic E-state index is -0.750. The van der Waals surface area contributed by atoms with Gasteiger partial charge in [0.05, 0.1) is 5.92 Å². The maximum absolute atomic E-state index is 10.5. The van der Waals surface area contributed by atoms with Gasteiger partial charge in [0.1, 0.15) is 0 Å². The minimum absolute atomic E-state index is 0.126. The number of nitrogens with two attached hydrogens (primary N) is 1. The number of rotatable bonds is 1. The summed E-state index contributed by atoms with van der Waals surface area (Å²) in [5.41, 5.74) is 5.59. The number of thioether (sulfide) groups is 1. The van der Waals surface area contributed by atoms with Gasteiger partial charge in [0.25, 0.3) is 0 Å². The molecule has 1 fully saturated rings. The first kappa shape index (κ1) is 7.88. The van der Waals surface area contributed by atoms with Gasteiger partial charge < -0.3 is 10.8 Å². The van der Waals surface area contributed by atoms with E-state index in [4.69, 9.17) is 10.8 Å². The molecule has 1 rings (SSSR count). The van der Waals surface area contributed by atoms with Crippen LogP contribution in [-0.2, 0) is 4.79 Å². The van der Waals surface area contributed by atoms with E-state index in [1.807, 2.05) is 0 Å². The molecule has 0 saturated carbocycles. The van der Waals surface area contributed by atoms with Crippen LogP contribution in [-0.4, -0.2) is 28.6 Å². The minimum Gasteiger partial charge on any atom is -0.481 e. The van der Waals surface area contributed by atoms with Crippen molar-refractivity contribution in [3.05, 3.63) is 0 Å². The Kier molecular flexibility index (Phi) is 2.56. The fraction of sp³-hybridized carbons (Fsp3) is 0.833. The van der Waals surface area contributed by atoms with Crippen LogP contribution in [0.25, 0.3) is 0 Å². The highest BCUT2D eigenvalue weighted by molar-refractivity contribution is 7.99. The number of hydrogen-bond acceptors (Lipinski definition) is 3. The Bertz CT molecular complexity index is 140. The van der Waals surface area contributed by atoms with Gasteiger partial charge in [-0.15, -0.1) is 0 Å². The molecular formula is C6H11NO2S. The van der Waals surface area contributed by atoms with E-state index >= 15 is 0 Å². The molecule has 1 heterocycles. The fourth-order valence-electron chi connectivity index (χ4n) is 1.01. The van der Waals surface area contributed by atoms with Gasteiger partial charge in [-0.05, 0) is 12.2 Å². The van der Waals surface area contributed by atoms with E-state index in [0.717, 1.165) is 12.2 Å². The van der Waals surface area contributed by atoms with E-state index in [9.17, 15) is 4.79 Å². The maximum Gasteiger partial charge on any atom is 0.308 e. The highest BCUT2D eigenvalue weighted by Gasteiger charge is 2.27. The molecule has 3 N–H and O–H groups in total. The van der Waals surface area contributed by atoms with E-state index in [1.54, 1.807) is 11.8 Å². The quantitative estimate of drug-likeness (QED) is 0.574. The van der Waals surface area contributed by atoms with E-state index in [1.165, 1.54) is 0 Å². The third kappa shape index (κ3) is 1.64. The van der Waals surface area contributed by atoms with Gasteiger partial charge in [-0.2, -0.15) is 11.8 Å². The first-order chi connectivity index (χ1) is 4.72. The highest BCUT2D eigenvalue weighted by atomic mass is 32.2. The Morgan fingerprint density at radius 3 is 2.80 bits per heavy atom. The Morgan fingerprint density at radius 2 is 2.40 bits per heavy atom. The van der Waals surface area contributed by atoms with Crippen LogP contribution in [0.1, 0.15) is 6.42 Å². The molecule has 4 heteroatoms. The normalized spacial score (nSPS) is 33.7. The second kappa shape index (κ2) is 3.25. The van der Waals surface area contributed by atoms with Gasteiger partial charge in [-0.25, -0.2) is 0 Å². The second-order valence-corrected chi connectivity index (χ2v) is 3.62. The van der Waals surface area contributed by atoms with Gasteiger partial charge in [-0.1, -0.05) is 0 Å². The first-order valence-corrected chi connectivity index (χ1v) is 4.43. The largest absolute Gasteiger partial charge is 0.481 e. The third-order valence-electron chi connectivity index (χ3n) is 1.73. The van der Waals surface area contributed by atoms with Crippen molar-refractivity contribution in [1.82, 2.24) is 0 Å². The molecule has 0 unspecified atom stereocenters. The van der Waals surface area contributed by atoms with Crippen LogP contribution >= 0.6 is 11.8 Å². The molecule has 1 aliphatic heterocycles. The zero-order valence-electron chi connectivity index (χ0n) is 5.62. The summed E-state index contributed by atoms with van der Waals surface area (Å²) in [6.45, 7) is 0. The van der Waals surface area contributed by atoms with Crippen LogP contribution in [0.2, 0.25) is 0 Å². The molecule has 1 saturated heterocycles. The van der Waals surface area contributed by atoms with Crippen molar-refractivity contribution in [1.29, 1.82) is 0 Å². The molecule has 0 aromatic carbocycles. The lowest BCUT2D eigenvalue weighted by Gasteiger charge is -2.24. The second-order valence-electron chi connectivity index (χ2n) is 2.47. The van der Waals surface area contributed by atoms with Crippen LogP contribution in [0.3, 0.4) is 0 Å². The van der Waals surface area contributed by atoms with Crippen LogP contribution in [0, 0.1) is 5.92 Å². The van der Waals surface area contributed by atoms with Gasteiger partial charge in [0, 0.05) is 11.8 Å². The molecule has 0 bridgehead atoms. The Morgan fingerprint density at radius 1 is 1.70 bits per heavy atom. The Hall–Kier alpha value is -0.220. The predicted octanol–water partition coefficient (Wildman–Crippen LogP) is 0.151. The van der Waals surface area contributed by atoms with Crippen molar-refractivity contribution in [2.24, 2.45) is 11.7 Å². The topological polar surface area (TPSA) is 63.3 Å². The van der Waals surface area contributed by atoms with Crippen molar-refractivity contribution in [2.75, 3.05) is 11.5 Å². The van der Waals surface area contributed by atoms with Crippen molar-refractivity contribution in [3.63, 3.8) is 0 Å². The summed E-state index contributed by atoms with van der Waals surface area (Å²) in [7, 11) is 0. The lowest BCUT2D eigenvalue weighted by molar-refractivity contribution is -0.141. The van der Waals surface area contributed by atoms with E-state index < -0.39 is 5.97 Å².